The van der Waals surface area contributed by atoms with E-state index in [9.17, 15) is 4.79 Å². The van der Waals surface area contributed by atoms with Crippen molar-refractivity contribution in [2.75, 3.05) is 10.6 Å². The summed E-state index contributed by atoms with van der Waals surface area (Å²) in [6, 6.07) is 9.08. The van der Waals surface area contributed by atoms with Crippen LogP contribution in [0, 0.1) is 35.5 Å². The lowest BCUT2D eigenvalue weighted by Gasteiger charge is -2.13. The average Bonchev–Trinajstić information content (AvgIpc) is 3.05. The van der Waals surface area contributed by atoms with Crippen LogP contribution in [0.1, 0.15) is 31.2 Å². The van der Waals surface area contributed by atoms with E-state index in [-0.39, 0.29) is 17.4 Å². The fraction of sp³-hybridized carbons (Fsp3) is 0.353. The molecule has 0 atom stereocenters. The highest BCUT2D eigenvalue weighted by Gasteiger charge is 2.22. The summed E-state index contributed by atoms with van der Waals surface area (Å²) in [7, 11) is 0. The second-order valence-electron chi connectivity index (χ2n) is 5.43. The topological polar surface area (TPSA) is 88.7 Å². The maximum atomic E-state index is 12.1. The highest BCUT2D eigenvalue weighted by atomic mass is 16.1. The summed E-state index contributed by atoms with van der Waals surface area (Å²) in [5.74, 6) is 0.228. The number of carbonyl (C=O) groups is 1. The van der Waals surface area contributed by atoms with Crippen molar-refractivity contribution < 1.29 is 4.79 Å². The summed E-state index contributed by atoms with van der Waals surface area (Å²) < 4.78 is 0. The molecule has 5 heteroatoms. The Morgan fingerprint density at radius 3 is 2.55 bits per heavy atom. The first kappa shape index (κ1) is 15.6. The van der Waals surface area contributed by atoms with Gasteiger partial charge in [0.1, 0.15) is 17.7 Å². The summed E-state index contributed by atoms with van der Waals surface area (Å²) in [5.41, 5.74) is 2.50. The van der Waals surface area contributed by atoms with Gasteiger partial charge in [-0.25, -0.2) is 0 Å². The van der Waals surface area contributed by atoms with E-state index in [4.69, 9.17) is 10.5 Å². The first-order valence-corrected chi connectivity index (χ1v) is 7.32. The highest BCUT2D eigenvalue weighted by molar-refractivity contribution is 5.93. The molecule has 0 unspecified atom stereocenters. The maximum Gasteiger partial charge on any atom is 0.227 e. The quantitative estimate of drug-likeness (QED) is 0.832. The molecule has 1 aliphatic rings. The smallest absolute Gasteiger partial charge is 0.227 e. The third-order valence-electron chi connectivity index (χ3n) is 3.83. The van der Waals surface area contributed by atoms with Gasteiger partial charge < -0.3 is 10.6 Å². The Labute approximate surface area is 130 Å². The molecule has 2 rings (SSSR count). The van der Waals surface area contributed by atoms with Crippen LogP contribution in [-0.2, 0) is 4.79 Å². The number of anilines is 2. The van der Waals surface area contributed by atoms with Crippen molar-refractivity contribution >= 4 is 17.3 Å². The predicted octanol–water partition coefficient (Wildman–Crippen LogP) is 3.47. The zero-order valence-corrected chi connectivity index (χ0v) is 12.5. The molecule has 0 saturated heterocycles. The van der Waals surface area contributed by atoms with Gasteiger partial charge in [-0.05, 0) is 43.5 Å². The van der Waals surface area contributed by atoms with Gasteiger partial charge >= 0.3 is 0 Å². The lowest BCUT2D eigenvalue weighted by molar-refractivity contribution is -0.119. The molecule has 2 N–H and O–H groups in total. The number of nitriles is 2. The Morgan fingerprint density at radius 2 is 1.95 bits per heavy atom. The lowest BCUT2D eigenvalue weighted by atomic mass is 10.1. The van der Waals surface area contributed by atoms with Crippen LogP contribution in [-0.4, -0.2) is 5.91 Å². The molecule has 5 nitrogen and oxygen atoms in total. The lowest BCUT2D eigenvalue weighted by Crippen LogP contribution is -2.20. The van der Waals surface area contributed by atoms with Crippen molar-refractivity contribution in [3.63, 3.8) is 0 Å². The Hall–Kier alpha value is -2.79. The largest absolute Gasteiger partial charge is 0.360 e. The van der Waals surface area contributed by atoms with E-state index < -0.39 is 0 Å². The number of nitrogens with zero attached hydrogens (tertiary/aromatic N) is 2. The Kier molecular flexibility index (Phi) is 5.16. The van der Waals surface area contributed by atoms with Gasteiger partial charge in [0.15, 0.2) is 0 Å². The SMILES string of the molecule is Cc1cc(NC=C(C#N)C#N)ccc1NC(=O)C1CCCC1. The van der Waals surface area contributed by atoms with E-state index in [0.29, 0.717) is 0 Å². The van der Waals surface area contributed by atoms with Crippen LogP contribution < -0.4 is 10.6 Å². The Balaban J connectivity index is 2.03. The number of benzene rings is 1. The number of hydrogen-bond acceptors (Lipinski definition) is 4. The molecule has 22 heavy (non-hydrogen) atoms. The number of nitrogens with one attached hydrogen (secondary N) is 2. The molecule has 1 saturated carbocycles. The highest BCUT2D eigenvalue weighted by Crippen LogP contribution is 2.27. The number of aryl methyl sites for hydroxylation is 1. The van der Waals surface area contributed by atoms with Gasteiger partial charge in [-0.15, -0.1) is 0 Å². The minimum absolute atomic E-state index is 0.0104. The summed E-state index contributed by atoms with van der Waals surface area (Å²) in [4.78, 5) is 12.1. The number of carbonyl (C=O) groups excluding carboxylic acids is 1. The second kappa shape index (κ2) is 7.28. The summed E-state index contributed by atoms with van der Waals surface area (Å²) in [6.45, 7) is 1.91. The molecule has 1 amide bonds. The van der Waals surface area contributed by atoms with Crippen molar-refractivity contribution in [1.29, 1.82) is 10.5 Å². The zero-order chi connectivity index (χ0) is 15.9. The van der Waals surface area contributed by atoms with Crippen LogP contribution in [0.4, 0.5) is 11.4 Å². The van der Waals surface area contributed by atoms with E-state index in [1.807, 2.05) is 19.1 Å². The molecule has 0 aliphatic heterocycles. The van der Waals surface area contributed by atoms with Crippen molar-refractivity contribution in [1.82, 2.24) is 0 Å². The molecule has 0 radical (unpaired) electrons. The fourth-order valence-electron chi connectivity index (χ4n) is 2.56. The summed E-state index contributed by atoms with van der Waals surface area (Å²) in [6.07, 6.45) is 5.57. The molecule has 0 bridgehead atoms. The predicted molar refractivity (Wildman–Crippen MR) is 84.7 cm³/mol. The van der Waals surface area contributed by atoms with Crippen LogP contribution in [0.25, 0.3) is 0 Å². The van der Waals surface area contributed by atoms with Crippen molar-refractivity contribution in [3.05, 3.63) is 35.5 Å². The second-order valence-corrected chi connectivity index (χ2v) is 5.43. The first-order valence-electron chi connectivity index (χ1n) is 7.32. The number of rotatable bonds is 4. The third kappa shape index (κ3) is 3.86. The van der Waals surface area contributed by atoms with Gasteiger partial charge in [0.2, 0.25) is 5.91 Å². The van der Waals surface area contributed by atoms with Gasteiger partial charge in [-0.2, -0.15) is 10.5 Å². The monoisotopic (exact) mass is 294 g/mol. The van der Waals surface area contributed by atoms with Gasteiger partial charge in [0.05, 0.1) is 0 Å². The molecule has 1 fully saturated rings. The average molecular weight is 294 g/mol. The number of hydrogen-bond donors (Lipinski definition) is 2. The Morgan fingerprint density at radius 1 is 1.27 bits per heavy atom. The minimum atomic E-state index is 0.0104. The molecule has 1 aromatic rings. The van der Waals surface area contributed by atoms with Gasteiger partial charge in [-0.1, -0.05) is 12.8 Å². The third-order valence-corrected chi connectivity index (χ3v) is 3.83. The number of amides is 1. The van der Waals surface area contributed by atoms with Crippen molar-refractivity contribution in [2.45, 2.75) is 32.6 Å². The Bertz CT molecular complexity index is 657. The fourth-order valence-corrected chi connectivity index (χ4v) is 2.56. The first-order chi connectivity index (χ1) is 10.6. The van der Waals surface area contributed by atoms with Crippen LogP contribution in [0.5, 0.6) is 0 Å². The van der Waals surface area contributed by atoms with E-state index in [1.165, 1.54) is 6.20 Å². The molecule has 112 valence electrons. The van der Waals surface area contributed by atoms with E-state index in [2.05, 4.69) is 10.6 Å². The summed E-state index contributed by atoms with van der Waals surface area (Å²) in [5, 5.41) is 23.2. The van der Waals surface area contributed by atoms with Crippen molar-refractivity contribution in [3.8, 4) is 12.1 Å². The summed E-state index contributed by atoms with van der Waals surface area (Å²) >= 11 is 0. The molecule has 0 aromatic heterocycles. The van der Waals surface area contributed by atoms with Crippen LogP contribution >= 0.6 is 0 Å². The molecule has 1 aliphatic carbocycles. The van der Waals surface area contributed by atoms with Gasteiger partial charge in [0.25, 0.3) is 0 Å². The standard InChI is InChI=1S/C17H18N4O/c1-12-8-15(20-11-13(9-18)10-19)6-7-16(12)21-17(22)14-4-2-3-5-14/h6-8,11,14,20H,2-5H2,1H3,(H,21,22). The molecular formula is C17H18N4O. The molecule has 0 spiro atoms. The normalized spacial score (nSPS) is 13.8. The van der Waals surface area contributed by atoms with Gasteiger partial charge in [-0.3, -0.25) is 4.79 Å². The van der Waals surface area contributed by atoms with Crippen LogP contribution in [0.2, 0.25) is 0 Å². The van der Waals surface area contributed by atoms with E-state index >= 15 is 0 Å². The van der Waals surface area contributed by atoms with Crippen molar-refractivity contribution in [2.24, 2.45) is 5.92 Å². The molecular weight excluding hydrogens is 276 g/mol. The number of allylic oxidation sites excluding steroid dienone is 1. The molecule has 0 heterocycles. The zero-order valence-electron chi connectivity index (χ0n) is 12.5. The van der Waals surface area contributed by atoms with Crippen LogP contribution in [0.15, 0.2) is 30.0 Å². The maximum absolute atomic E-state index is 12.1. The van der Waals surface area contributed by atoms with E-state index in [1.54, 1.807) is 18.2 Å². The molecule has 1 aromatic carbocycles. The minimum Gasteiger partial charge on any atom is -0.360 e. The van der Waals surface area contributed by atoms with Gasteiger partial charge in [0, 0.05) is 23.5 Å². The van der Waals surface area contributed by atoms with Crippen LogP contribution in [0.3, 0.4) is 0 Å². The van der Waals surface area contributed by atoms with E-state index in [0.717, 1.165) is 42.6 Å².